The number of halogens is 2. The van der Waals surface area contributed by atoms with Crippen molar-refractivity contribution in [2.45, 2.75) is 19.4 Å². The van der Waals surface area contributed by atoms with E-state index in [1.54, 1.807) is 12.3 Å². The van der Waals surface area contributed by atoms with Crippen molar-refractivity contribution in [2.24, 2.45) is 11.0 Å². The summed E-state index contributed by atoms with van der Waals surface area (Å²) in [5.41, 5.74) is 4.62. The maximum Gasteiger partial charge on any atom is 0.243 e. The molecule has 2 N–H and O–H groups in total. The molecular formula is C24H24ClFN3O+. The second-order valence-corrected chi connectivity index (χ2v) is 8.15. The van der Waals surface area contributed by atoms with Gasteiger partial charge in [0, 0.05) is 24.0 Å². The van der Waals surface area contributed by atoms with E-state index in [4.69, 9.17) is 11.6 Å². The number of carbonyl (C=O) groups excluding carboxylic acids is 1. The molecule has 0 atom stereocenters. The molecule has 3 aromatic rings. The lowest BCUT2D eigenvalue weighted by Gasteiger charge is -2.28. The van der Waals surface area contributed by atoms with Crippen LogP contribution < -0.4 is 10.3 Å². The molecule has 0 unspecified atom stereocenters. The molecule has 1 amide bonds. The minimum Gasteiger partial charge on any atom is -0.331 e. The van der Waals surface area contributed by atoms with Crippen LogP contribution in [0.15, 0.2) is 65.8 Å². The average molecular weight is 425 g/mol. The highest BCUT2D eigenvalue weighted by molar-refractivity contribution is 6.31. The summed E-state index contributed by atoms with van der Waals surface area (Å²) in [6, 6.07) is 18.7. The third-order valence-corrected chi connectivity index (χ3v) is 6.07. The van der Waals surface area contributed by atoms with Gasteiger partial charge in [-0.3, -0.25) is 4.79 Å². The molecule has 1 heterocycles. The zero-order valence-corrected chi connectivity index (χ0v) is 17.3. The minimum atomic E-state index is -0.321. The van der Waals surface area contributed by atoms with E-state index < -0.39 is 0 Å². The zero-order chi connectivity index (χ0) is 20.9. The summed E-state index contributed by atoms with van der Waals surface area (Å²) in [5.74, 6) is -0.398. The Morgan fingerprint density at radius 1 is 1.13 bits per heavy atom. The van der Waals surface area contributed by atoms with E-state index in [0.717, 1.165) is 54.4 Å². The van der Waals surface area contributed by atoms with E-state index in [9.17, 15) is 9.18 Å². The molecule has 4 nitrogen and oxygen atoms in total. The van der Waals surface area contributed by atoms with E-state index >= 15 is 0 Å². The first-order chi connectivity index (χ1) is 14.6. The number of rotatable bonds is 5. The summed E-state index contributed by atoms with van der Waals surface area (Å²) < 4.78 is 13.2. The fourth-order valence-electron chi connectivity index (χ4n) is 4.02. The van der Waals surface area contributed by atoms with Crippen LogP contribution in [-0.2, 0) is 11.3 Å². The fourth-order valence-corrected chi connectivity index (χ4v) is 4.25. The van der Waals surface area contributed by atoms with Crippen molar-refractivity contribution in [1.82, 2.24) is 5.43 Å². The first-order valence-electron chi connectivity index (χ1n) is 10.2. The lowest BCUT2D eigenvalue weighted by molar-refractivity contribution is -0.919. The lowest BCUT2D eigenvalue weighted by atomic mass is 9.96. The summed E-state index contributed by atoms with van der Waals surface area (Å²) in [4.78, 5) is 13.9. The number of benzene rings is 3. The quantitative estimate of drug-likeness (QED) is 0.477. The van der Waals surface area contributed by atoms with Crippen molar-refractivity contribution in [3.8, 4) is 0 Å². The molecule has 0 spiro atoms. The number of quaternary nitrogens is 1. The standard InChI is InChI=1S/C24H23ClFN3O/c25-23-14-21(26)9-8-20(23)16-29-12-10-18(11-13-29)24(30)28-27-15-19-6-3-5-17-4-1-2-7-22(17)19/h1-9,14-15,18H,10-13,16H2,(H,28,30)/p+1/b27-15-. The molecule has 0 bridgehead atoms. The fraction of sp³-hybridized carbons (Fsp3) is 0.250. The maximum absolute atomic E-state index is 13.2. The Labute approximate surface area is 180 Å². The zero-order valence-electron chi connectivity index (χ0n) is 16.6. The average Bonchev–Trinajstić information content (AvgIpc) is 2.76. The van der Waals surface area contributed by atoms with Gasteiger partial charge < -0.3 is 4.90 Å². The number of carbonyl (C=O) groups is 1. The molecule has 3 aromatic carbocycles. The molecule has 154 valence electrons. The maximum atomic E-state index is 13.2. The molecule has 0 aromatic heterocycles. The normalized spacial score (nSPS) is 19.3. The first kappa shape index (κ1) is 20.5. The van der Waals surface area contributed by atoms with Gasteiger partial charge >= 0.3 is 0 Å². The number of hydrogen-bond acceptors (Lipinski definition) is 2. The van der Waals surface area contributed by atoms with E-state index in [-0.39, 0.29) is 17.6 Å². The van der Waals surface area contributed by atoms with Gasteiger partial charge in [0.25, 0.3) is 0 Å². The minimum absolute atomic E-state index is 0.0367. The number of hydrogen-bond donors (Lipinski definition) is 2. The predicted molar refractivity (Wildman–Crippen MR) is 118 cm³/mol. The summed E-state index contributed by atoms with van der Waals surface area (Å²) in [6.45, 7) is 2.49. The van der Waals surface area contributed by atoms with Gasteiger partial charge in [-0.15, -0.1) is 0 Å². The number of piperidine rings is 1. The van der Waals surface area contributed by atoms with Crippen LogP contribution in [-0.4, -0.2) is 25.2 Å². The highest BCUT2D eigenvalue weighted by atomic mass is 35.5. The third kappa shape index (κ3) is 4.86. The molecule has 1 fully saturated rings. The molecule has 0 radical (unpaired) electrons. The SMILES string of the molecule is O=C(N/N=C\c1cccc2ccccc12)C1CC[NH+](Cc2ccc(F)cc2Cl)CC1. The Morgan fingerprint density at radius 3 is 2.70 bits per heavy atom. The van der Waals surface area contributed by atoms with Crippen molar-refractivity contribution in [3.05, 3.63) is 82.6 Å². The Balaban J connectivity index is 1.29. The van der Waals surface area contributed by atoms with Crippen LogP contribution >= 0.6 is 11.6 Å². The lowest BCUT2D eigenvalue weighted by Crippen LogP contribution is -3.11. The Hall–Kier alpha value is -2.76. The monoisotopic (exact) mass is 424 g/mol. The Kier molecular flexibility index (Phi) is 6.41. The molecule has 1 aliphatic heterocycles. The predicted octanol–water partition coefficient (Wildman–Crippen LogP) is 3.58. The summed E-state index contributed by atoms with van der Waals surface area (Å²) in [7, 11) is 0. The molecule has 0 saturated carbocycles. The van der Waals surface area contributed by atoms with Crippen LogP contribution in [0, 0.1) is 11.7 Å². The Bertz CT molecular complexity index is 1070. The van der Waals surface area contributed by atoms with E-state index in [1.807, 2.05) is 30.3 Å². The van der Waals surface area contributed by atoms with Crippen LogP contribution in [0.25, 0.3) is 10.8 Å². The number of nitrogens with one attached hydrogen (secondary N) is 2. The summed E-state index contributed by atoms with van der Waals surface area (Å²) in [6.07, 6.45) is 3.30. The van der Waals surface area contributed by atoms with Crippen molar-refractivity contribution < 1.29 is 14.1 Å². The van der Waals surface area contributed by atoms with Gasteiger partial charge in [0.05, 0.1) is 30.2 Å². The smallest absolute Gasteiger partial charge is 0.243 e. The summed E-state index contributed by atoms with van der Waals surface area (Å²) >= 11 is 6.14. The van der Waals surface area contributed by atoms with Crippen LogP contribution in [0.5, 0.6) is 0 Å². The molecule has 1 saturated heterocycles. The number of amides is 1. The van der Waals surface area contributed by atoms with Crippen LogP contribution in [0.3, 0.4) is 0 Å². The van der Waals surface area contributed by atoms with E-state index in [1.165, 1.54) is 17.0 Å². The van der Waals surface area contributed by atoms with Crippen molar-refractivity contribution >= 4 is 34.5 Å². The molecule has 4 rings (SSSR count). The van der Waals surface area contributed by atoms with Gasteiger partial charge in [-0.2, -0.15) is 5.10 Å². The highest BCUT2D eigenvalue weighted by Gasteiger charge is 2.27. The number of fused-ring (bicyclic) bond motifs is 1. The van der Waals surface area contributed by atoms with Crippen molar-refractivity contribution in [2.75, 3.05) is 13.1 Å². The second-order valence-electron chi connectivity index (χ2n) is 7.74. The summed E-state index contributed by atoms with van der Waals surface area (Å²) in [5, 5.41) is 6.90. The Morgan fingerprint density at radius 2 is 1.90 bits per heavy atom. The van der Waals surface area contributed by atoms with Crippen LogP contribution in [0.1, 0.15) is 24.0 Å². The van der Waals surface area contributed by atoms with Gasteiger partial charge in [-0.25, -0.2) is 9.82 Å². The molecular weight excluding hydrogens is 401 g/mol. The number of nitrogens with zero attached hydrogens (tertiary/aromatic N) is 1. The van der Waals surface area contributed by atoms with Crippen LogP contribution in [0.2, 0.25) is 5.02 Å². The van der Waals surface area contributed by atoms with Gasteiger partial charge in [-0.1, -0.05) is 54.1 Å². The number of likely N-dealkylation sites (tertiary alicyclic amines) is 1. The largest absolute Gasteiger partial charge is 0.331 e. The molecule has 30 heavy (non-hydrogen) atoms. The third-order valence-electron chi connectivity index (χ3n) is 5.72. The molecule has 6 heteroatoms. The van der Waals surface area contributed by atoms with Crippen molar-refractivity contribution in [1.29, 1.82) is 0 Å². The van der Waals surface area contributed by atoms with Gasteiger partial charge in [0.2, 0.25) is 5.91 Å². The van der Waals surface area contributed by atoms with E-state index in [0.29, 0.717) is 5.02 Å². The van der Waals surface area contributed by atoms with Gasteiger partial charge in [0.15, 0.2) is 0 Å². The number of hydrazone groups is 1. The highest BCUT2D eigenvalue weighted by Crippen LogP contribution is 2.18. The van der Waals surface area contributed by atoms with Crippen LogP contribution in [0.4, 0.5) is 4.39 Å². The van der Waals surface area contributed by atoms with E-state index in [2.05, 4.69) is 22.7 Å². The second kappa shape index (κ2) is 9.37. The topological polar surface area (TPSA) is 45.9 Å². The van der Waals surface area contributed by atoms with Gasteiger partial charge in [-0.05, 0) is 29.0 Å². The molecule has 1 aliphatic rings. The first-order valence-corrected chi connectivity index (χ1v) is 10.6. The van der Waals surface area contributed by atoms with Crippen molar-refractivity contribution in [3.63, 3.8) is 0 Å². The molecule has 0 aliphatic carbocycles. The van der Waals surface area contributed by atoms with Gasteiger partial charge in [0.1, 0.15) is 12.4 Å².